The molecular formula is C17H16ClF3N4O2. The summed E-state index contributed by atoms with van der Waals surface area (Å²) in [5.41, 5.74) is -0.605. The fraction of sp³-hybridized carbons (Fsp3) is 0.353. The number of benzene rings is 1. The third-order valence-electron chi connectivity index (χ3n) is 4.40. The van der Waals surface area contributed by atoms with Gasteiger partial charge in [0.2, 0.25) is 0 Å². The van der Waals surface area contributed by atoms with Gasteiger partial charge in [0.15, 0.2) is 0 Å². The summed E-state index contributed by atoms with van der Waals surface area (Å²) in [6.07, 6.45) is -2.99. The second kappa shape index (κ2) is 7.69. The van der Waals surface area contributed by atoms with Gasteiger partial charge in [0.05, 0.1) is 10.5 Å². The van der Waals surface area contributed by atoms with E-state index in [-0.39, 0.29) is 5.69 Å². The third kappa shape index (κ3) is 4.67. The number of aromatic nitrogens is 1. The van der Waals surface area contributed by atoms with Gasteiger partial charge in [-0.2, -0.15) is 13.2 Å². The van der Waals surface area contributed by atoms with Crippen molar-refractivity contribution in [1.82, 2.24) is 9.88 Å². The minimum Gasteiger partial charge on any atom is -0.368 e. The molecule has 10 heteroatoms. The highest BCUT2D eigenvalue weighted by Crippen LogP contribution is 2.39. The summed E-state index contributed by atoms with van der Waals surface area (Å²) >= 11 is 5.76. The van der Waals surface area contributed by atoms with Gasteiger partial charge in [-0.05, 0) is 17.7 Å². The predicted octanol–water partition coefficient (Wildman–Crippen LogP) is 3.98. The normalized spacial score (nSPS) is 15.8. The van der Waals surface area contributed by atoms with Crippen LogP contribution >= 0.6 is 11.6 Å². The Morgan fingerprint density at radius 3 is 2.41 bits per heavy atom. The lowest BCUT2D eigenvalue weighted by atomic mass is 10.1. The molecule has 1 saturated heterocycles. The number of nitro groups is 1. The summed E-state index contributed by atoms with van der Waals surface area (Å²) < 4.78 is 40.1. The van der Waals surface area contributed by atoms with Gasteiger partial charge in [0.1, 0.15) is 5.15 Å². The fourth-order valence-corrected chi connectivity index (χ4v) is 3.16. The number of rotatable bonds is 4. The molecule has 0 amide bonds. The molecule has 2 heterocycles. The smallest absolute Gasteiger partial charge is 0.368 e. The van der Waals surface area contributed by atoms with Gasteiger partial charge in [-0.15, -0.1) is 0 Å². The average molecular weight is 401 g/mol. The van der Waals surface area contributed by atoms with Crippen molar-refractivity contribution in [3.05, 3.63) is 62.9 Å². The van der Waals surface area contributed by atoms with Crippen LogP contribution in [0, 0.1) is 10.1 Å². The quantitative estimate of drug-likeness (QED) is 0.441. The molecule has 0 spiro atoms. The molecule has 3 rings (SSSR count). The summed E-state index contributed by atoms with van der Waals surface area (Å²) in [5, 5.41) is 11.2. The topological polar surface area (TPSA) is 62.5 Å². The van der Waals surface area contributed by atoms with E-state index in [1.54, 1.807) is 17.2 Å². The Balaban J connectivity index is 1.72. The number of piperazine rings is 1. The largest absolute Gasteiger partial charge is 0.418 e. The van der Waals surface area contributed by atoms with E-state index in [2.05, 4.69) is 9.88 Å². The zero-order valence-corrected chi connectivity index (χ0v) is 14.9. The SMILES string of the molecule is O=[N+]([O-])c1ccc(N2CCN(Cc3ccc(Cl)nc3)CC2)c(C(F)(F)F)c1. The van der Waals surface area contributed by atoms with Crippen molar-refractivity contribution in [2.45, 2.75) is 12.7 Å². The van der Waals surface area contributed by atoms with Crippen molar-refractivity contribution in [2.75, 3.05) is 31.1 Å². The van der Waals surface area contributed by atoms with Crippen LogP contribution in [0.25, 0.3) is 0 Å². The molecule has 1 aromatic heterocycles. The maximum Gasteiger partial charge on any atom is 0.418 e. The molecule has 0 radical (unpaired) electrons. The predicted molar refractivity (Wildman–Crippen MR) is 94.8 cm³/mol. The van der Waals surface area contributed by atoms with Crippen LogP contribution in [0.3, 0.4) is 0 Å². The Morgan fingerprint density at radius 2 is 1.85 bits per heavy atom. The minimum absolute atomic E-state index is 0.0269. The van der Waals surface area contributed by atoms with E-state index in [1.807, 2.05) is 6.07 Å². The van der Waals surface area contributed by atoms with Gasteiger partial charge in [0.25, 0.3) is 5.69 Å². The fourth-order valence-electron chi connectivity index (χ4n) is 3.05. The maximum absolute atomic E-state index is 13.4. The highest BCUT2D eigenvalue weighted by Gasteiger charge is 2.37. The molecule has 1 fully saturated rings. The van der Waals surface area contributed by atoms with Gasteiger partial charge in [-0.25, -0.2) is 4.98 Å². The molecule has 27 heavy (non-hydrogen) atoms. The van der Waals surface area contributed by atoms with Crippen LogP contribution in [0.4, 0.5) is 24.5 Å². The van der Waals surface area contributed by atoms with Gasteiger partial charge < -0.3 is 4.90 Å². The van der Waals surface area contributed by atoms with E-state index < -0.39 is 22.4 Å². The van der Waals surface area contributed by atoms with E-state index in [1.165, 1.54) is 6.07 Å². The molecule has 0 atom stereocenters. The van der Waals surface area contributed by atoms with Crippen LogP contribution < -0.4 is 4.90 Å². The summed E-state index contributed by atoms with van der Waals surface area (Å²) in [6.45, 7) is 2.54. The molecule has 1 aliphatic heterocycles. The molecular weight excluding hydrogens is 385 g/mol. The highest BCUT2D eigenvalue weighted by molar-refractivity contribution is 6.29. The van der Waals surface area contributed by atoms with Crippen molar-refractivity contribution in [3.8, 4) is 0 Å². The van der Waals surface area contributed by atoms with E-state index in [4.69, 9.17) is 11.6 Å². The Bertz CT molecular complexity index is 822. The highest BCUT2D eigenvalue weighted by atomic mass is 35.5. The first-order valence-corrected chi connectivity index (χ1v) is 8.55. The number of nitrogens with zero attached hydrogens (tertiary/aromatic N) is 4. The van der Waals surface area contributed by atoms with Crippen molar-refractivity contribution >= 4 is 23.0 Å². The van der Waals surface area contributed by atoms with E-state index in [9.17, 15) is 23.3 Å². The van der Waals surface area contributed by atoms with Crippen molar-refractivity contribution in [2.24, 2.45) is 0 Å². The van der Waals surface area contributed by atoms with E-state index >= 15 is 0 Å². The van der Waals surface area contributed by atoms with Crippen LogP contribution in [0.15, 0.2) is 36.5 Å². The maximum atomic E-state index is 13.4. The van der Waals surface area contributed by atoms with Gasteiger partial charge in [-0.1, -0.05) is 17.7 Å². The van der Waals surface area contributed by atoms with Crippen molar-refractivity contribution in [1.29, 1.82) is 0 Å². The lowest BCUT2D eigenvalue weighted by Gasteiger charge is -2.37. The van der Waals surface area contributed by atoms with Crippen LogP contribution in [-0.2, 0) is 12.7 Å². The first-order valence-electron chi connectivity index (χ1n) is 8.17. The average Bonchev–Trinajstić information content (AvgIpc) is 2.63. The zero-order valence-electron chi connectivity index (χ0n) is 14.1. The van der Waals surface area contributed by atoms with E-state index in [0.717, 1.165) is 11.6 Å². The summed E-state index contributed by atoms with van der Waals surface area (Å²) in [4.78, 5) is 17.7. The van der Waals surface area contributed by atoms with Gasteiger partial charge in [-0.3, -0.25) is 15.0 Å². The zero-order chi connectivity index (χ0) is 19.6. The summed E-state index contributed by atoms with van der Waals surface area (Å²) in [6, 6.07) is 6.44. The Hall–Kier alpha value is -2.39. The Morgan fingerprint density at radius 1 is 1.15 bits per heavy atom. The van der Waals surface area contributed by atoms with Crippen LogP contribution in [-0.4, -0.2) is 41.0 Å². The molecule has 0 unspecified atom stereocenters. The Kier molecular flexibility index (Phi) is 5.52. The summed E-state index contributed by atoms with van der Waals surface area (Å²) in [5.74, 6) is 0. The molecule has 0 N–H and O–H groups in total. The third-order valence-corrected chi connectivity index (χ3v) is 4.63. The first-order chi connectivity index (χ1) is 12.7. The van der Waals surface area contributed by atoms with E-state index in [0.29, 0.717) is 43.9 Å². The molecule has 1 aliphatic rings. The molecule has 2 aromatic rings. The number of halogens is 4. The number of hydrogen-bond acceptors (Lipinski definition) is 5. The molecule has 144 valence electrons. The molecule has 6 nitrogen and oxygen atoms in total. The van der Waals surface area contributed by atoms with Crippen LogP contribution in [0.5, 0.6) is 0 Å². The number of alkyl halides is 3. The molecule has 0 bridgehead atoms. The second-order valence-corrected chi connectivity index (χ2v) is 6.60. The number of pyridine rings is 1. The van der Waals surface area contributed by atoms with Gasteiger partial charge >= 0.3 is 6.18 Å². The molecule has 0 saturated carbocycles. The van der Waals surface area contributed by atoms with Crippen LogP contribution in [0.1, 0.15) is 11.1 Å². The van der Waals surface area contributed by atoms with Crippen LogP contribution in [0.2, 0.25) is 5.15 Å². The van der Waals surface area contributed by atoms with Gasteiger partial charge in [0, 0.05) is 56.7 Å². The summed E-state index contributed by atoms with van der Waals surface area (Å²) in [7, 11) is 0. The second-order valence-electron chi connectivity index (χ2n) is 6.21. The lowest BCUT2D eigenvalue weighted by molar-refractivity contribution is -0.385. The minimum atomic E-state index is -4.66. The standard InChI is InChI=1S/C17H16ClF3N4O2/c18-16-4-1-12(10-22-16)11-23-5-7-24(8-6-23)15-3-2-13(25(26)27)9-14(15)17(19,20)21/h1-4,9-10H,5-8,11H2. The number of nitro benzene ring substituents is 1. The molecule has 0 aliphatic carbocycles. The van der Waals surface area contributed by atoms with Crippen molar-refractivity contribution < 1.29 is 18.1 Å². The molecule has 1 aromatic carbocycles. The number of anilines is 1. The number of non-ortho nitro benzene ring substituents is 1. The first kappa shape index (κ1) is 19.4. The van der Waals surface area contributed by atoms with Crippen molar-refractivity contribution in [3.63, 3.8) is 0 Å². The Labute approximate surface area is 158 Å². The number of hydrogen-bond donors (Lipinski definition) is 0. The monoisotopic (exact) mass is 400 g/mol. The lowest BCUT2D eigenvalue weighted by Crippen LogP contribution is -2.46.